The van der Waals surface area contributed by atoms with Crippen LogP contribution in [0.3, 0.4) is 0 Å². The third-order valence-corrected chi connectivity index (χ3v) is 9.84. The molecule has 4 aromatic rings. The Balaban J connectivity index is 1.79. The van der Waals surface area contributed by atoms with Gasteiger partial charge in [-0.25, -0.2) is 18.2 Å². The second kappa shape index (κ2) is 12.8. The van der Waals surface area contributed by atoms with Crippen LogP contribution in [0.5, 0.6) is 0 Å². The van der Waals surface area contributed by atoms with Crippen molar-refractivity contribution in [2.45, 2.75) is 31.4 Å². The molecule has 0 saturated heterocycles. The average molecular weight is 662 g/mol. The van der Waals surface area contributed by atoms with Gasteiger partial charge in [-0.05, 0) is 68.8 Å². The quantitative estimate of drug-likeness (QED) is 0.189. The van der Waals surface area contributed by atoms with Crippen molar-refractivity contribution in [2.24, 2.45) is 5.14 Å². The zero-order chi connectivity index (χ0) is 29.8. The average Bonchev–Trinajstić information content (AvgIpc) is 3.38. The molecule has 0 radical (unpaired) electrons. The first kappa shape index (κ1) is 30.8. The van der Waals surface area contributed by atoms with Crippen molar-refractivity contribution < 1.29 is 26.8 Å². The van der Waals surface area contributed by atoms with Crippen LogP contribution < -0.4 is 10.5 Å². The number of halogens is 1. The van der Waals surface area contributed by atoms with Crippen molar-refractivity contribution in [1.82, 2.24) is 15.1 Å². The Kier molecular flexibility index (Phi) is 9.63. The van der Waals surface area contributed by atoms with Crippen LogP contribution in [0.2, 0.25) is 0 Å². The Labute approximate surface area is 247 Å². The number of hydrogen-bond donors (Lipinski definition) is 2. The van der Waals surface area contributed by atoms with Gasteiger partial charge in [0.25, 0.3) is 5.91 Å². The van der Waals surface area contributed by atoms with E-state index in [1.807, 2.05) is 31.2 Å². The number of amides is 1. The highest BCUT2D eigenvalue weighted by Gasteiger charge is 2.39. The maximum atomic E-state index is 13.9. The summed E-state index contributed by atoms with van der Waals surface area (Å²) in [6, 6.07) is 22.1. The fourth-order valence-corrected chi connectivity index (χ4v) is 6.82. The molecule has 1 amide bonds. The molecule has 0 saturated carbocycles. The lowest BCUT2D eigenvalue weighted by Gasteiger charge is -2.27. The van der Waals surface area contributed by atoms with Crippen LogP contribution in [-0.2, 0) is 23.6 Å². The number of nitrogens with zero attached hydrogens (tertiary/aromatic N) is 2. The first-order valence-electron chi connectivity index (χ1n) is 12.7. The maximum absolute atomic E-state index is 13.9. The highest BCUT2D eigenvalue weighted by molar-refractivity contribution is 9.10. The number of aromatic nitrogens is 2. The number of carbonyl (C=O) groups is 1. The van der Waals surface area contributed by atoms with Crippen LogP contribution in [-0.4, -0.2) is 37.3 Å². The fourth-order valence-electron chi connectivity index (χ4n) is 4.13. The fraction of sp³-hybridized carbons (Fsp3) is 0.214. The molecular weight excluding hydrogens is 631 g/mol. The molecule has 0 fully saturated rings. The van der Waals surface area contributed by atoms with Crippen LogP contribution in [0, 0.1) is 6.92 Å². The molecule has 0 aliphatic heterocycles. The summed E-state index contributed by atoms with van der Waals surface area (Å²) in [6.45, 7) is 5.58. The Morgan fingerprint density at radius 3 is 2.12 bits per heavy atom. The maximum Gasteiger partial charge on any atom is 0.357 e. The van der Waals surface area contributed by atoms with Crippen LogP contribution >= 0.6 is 23.5 Å². The highest BCUT2D eigenvalue weighted by atomic mass is 79.9. The molecule has 1 unspecified atom stereocenters. The van der Waals surface area contributed by atoms with E-state index >= 15 is 0 Å². The summed E-state index contributed by atoms with van der Waals surface area (Å²) in [5.74, 6) is -1.71. The lowest BCUT2D eigenvalue weighted by Crippen LogP contribution is -2.30. The lowest BCUT2D eigenvalue weighted by molar-refractivity contribution is 0.0931. The van der Waals surface area contributed by atoms with Gasteiger partial charge in [-0.3, -0.25) is 9.36 Å². The molecule has 216 valence electrons. The summed E-state index contributed by atoms with van der Waals surface area (Å²) >= 11 is 3.40. The molecule has 13 heteroatoms. The number of carbonyl (C=O) groups excluding carboxylic acids is 1. The smallest absolute Gasteiger partial charge is 0.333 e. The van der Waals surface area contributed by atoms with Gasteiger partial charge in [-0.1, -0.05) is 57.9 Å². The van der Waals surface area contributed by atoms with Crippen LogP contribution in [0.15, 0.2) is 88.2 Å². The molecule has 1 heterocycles. The van der Waals surface area contributed by atoms with Crippen molar-refractivity contribution >= 4 is 39.5 Å². The Morgan fingerprint density at radius 1 is 1.00 bits per heavy atom. The summed E-state index contributed by atoms with van der Waals surface area (Å²) in [6.07, 6.45) is 0. The number of nitrogens with one attached hydrogen (secondary N) is 1. The van der Waals surface area contributed by atoms with Crippen molar-refractivity contribution in [3.63, 3.8) is 0 Å². The Hall–Kier alpha value is -3.12. The van der Waals surface area contributed by atoms with Gasteiger partial charge < -0.3 is 14.4 Å². The summed E-state index contributed by atoms with van der Waals surface area (Å²) in [5, 5.41) is 12.6. The zero-order valence-electron chi connectivity index (χ0n) is 22.7. The molecule has 41 heavy (non-hydrogen) atoms. The standard InChI is InChI=1S/C28H30BrN4O6PS/c1-4-38-40(35,39-5-2)28(21-10-12-22(29)13-11-21)31-27(34)25-18-26(20-8-6-19(3)7-9-20)33(32-25)23-14-16-24(17-15-23)41(30,36)37/h6-18,28H,4-5H2,1-3H3,(H,31,34)(H2,30,36,37). The van der Waals surface area contributed by atoms with E-state index in [2.05, 4.69) is 26.3 Å². The predicted molar refractivity (Wildman–Crippen MR) is 160 cm³/mol. The normalized spacial score (nSPS) is 12.7. The minimum Gasteiger partial charge on any atom is -0.333 e. The van der Waals surface area contributed by atoms with Crippen molar-refractivity contribution in [2.75, 3.05) is 13.2 Å². The van der Waals surface area contributed by atoms with Crippen molar-refractivity contribution in [3.8, 4) is 16.9 Å². The van der Waals surface area contributed by atoms with Crippen LogP contribution in [0.1, 0.15) is 41.2 Å². The number of benzene rings is 3. The molecule has 1 atom stereocenters. The van der Waals surface area contributed by atoms with Gasteiger partial charge in [-0.2, -0.15) is 5.10 Å². The molecule has 4 rings (SSSR count). The van der Waals surface area contributed by atoms with Gasteiger partial charge in [0.1, 0.15) is 0 Å². The SMILES string of the molecule is CCOP(=O)(OCC)C(NC(=O)c1cc(-c2ccc(C)cc2)n(-c2ccc(S(N)(=O)=O)cc2)n1)c1ccc(Br)cc1. The zero-order valence-corrected chi connectivity index (χ0v) is 25.9. The number of nitrogens with two attached hydrogens (primary N) is 1. The van der Waals surface area contributed by atoms with E-state index in [4.69, 9.17) is 14.2 Å². The second-order valence-corrected chi connectivity index (χ2v) is 13.6. The van der Waals surface area contributed by atoms with Gasteiger partial charge in [0, 0.05) is 10.0 Å². The summed E-state index contributed by atoms with van der Waals surface area (Å²) in [5.41, 5.74) is 3.48. The third kappa shape index (κ3) is 7.21. The molecule has 3 aromatic carbocycles. The summed E-state index contributed by atoms with van der Waals surface area (Å²) < 4.78 is 50.9. The van der Waals surface area contributed by atoms with Crippen LogP contribution in [0.25, 0.3) is 16.9 Å². The molecule has 1 aromatic heterocycles. The van der Waals surface area contributed by atoms with E-state index in [0.29, 0.717) is 16.9 Å². The predicted octanol–water partition coefficient (Wildman–Crippen LogP) is 5.95. The van der Waals surface area contributed by atoms with Crippen molar-refractivity contribution in [3.05, 3.63) is 100 Å². The van der Waals surface area contributed by atoms with E-state index < -0.39 is 29.3 Å². The van der Waals surface area contributed by atoms with E-state index in [0.717, 1.165) is 15.6 Å². The summed E-state index contributed by atoms with van der Waals surface area (Å²) in [7, 11) is -7.73. The van der Waals surface area contributed by atoms with Crippen LogP contribution in [0.4, 0.5) is 0 Å². The third-order valence-electron chi connectivity index (χ3n) is 6.09. The number of rotatable bonds is 11. The monoisotopic (exact) mass is 660 g/mol. The van der Waals surface area contributed by atoms with E-state index in [1.165, 1.54) is 16.8 Å². The molecule has 0 aliphatic carbocycles. The van der Waals surface area contributed by atoms with Gasteiger partial charge in [0.15, 0.2) is 11.5 Å². The summed E-state index contributed by atoms with van der Waals surface area (Å²) in [4.78, 5) is 13.6. The Bertz CT molecular complexity index is 1660. The lowest BCUT2D eigenvalue weighted by atomic mass is 10.1. The highest BCUT2D eigenvalue weighted by Crippen LogP contribution is 2.59. The van der Waals surface area contributed by atoms with E-state index in [-0.39, 0.29) is 23.8 Å². The molecule has 10 nitrogen and oxygen atoms in total. The van der Waals surface area contributed by atoms with Crippen molar-refractivity contribution in [1.29, 1.82) is 0 Å². The molecule has 0 bridgehead atoms. The topological polar surface area (TPSA) is 143 Å². The number of primary sulfonamides is 1. The van der Waals surface area contributed by atoms with Gasteiger partial charge in [-0.15, -0.1) is 0 Å². The van der Waals surface area contributed by atoms with E-state index in [1.54, 1.807) is 56.3 Å². The second-order valence-electron chi connectivity index (χ2n) is 9.03. The number of hydrogen-bond acceptors (Lipinski definition) is 7. The molecule has 0 spiro atoms. The van der Waals surface area contributed by atoms with E-state index in [9.17, 15) is 17.8 Å². The first-order valence-corrected chi connectivity index (χ1v) is 16.7. The Morgan fingerprint density at radius 2 is 1.59 bits per heavy atom. The minimum atomic E-state index is -3.89. The van der Waals surface area contributed by atoms with Gasteiger partial charge in [0.05, 0.1) is 29.5 Å². The number of sulfonamides is 1. The van der Waals surface area contributed by atoms with Gasteiger partial charge >= 0.3 is 7.60 Å². The molecule has 0 aliphatic rings. The molecular formula is C28H30BrN4O6PS. The largest absolute Gasteiger partial charge is 0.357 e. The minimum absolute atomic E-state index is 0.0396. The van der Waals surface area contributed by atoms with Gasteiger partial charge in [0.2, 0.25) is 10.0 Å². The molecule has 3 N–H and O–H groups in total. The first-order chi connectivity index (χ1) is 19.4. The number of aryl methyl sites for hydroxylation is 1.